The number of benzene rings is 1. The summed E-state index contributed by atoms with van der Waals surface area (Å²) in [4.78, 5) is 22.9. The molecule has 0 aliphatic rings. The lowest BCUT2D eigenvalue weighted by Gasteiger charge is -2.15. The number of aromatic nitrogens is 3. The Balaban J connectivity index is 2.66. The van der Waals surface area contributed by atoms with E-state index in [0.29, 0.717) is 21.9 Å². The van der Waals surface area contributed by atoms with Gasteiger partial charge in [0.05, 0.1) is 0 Å². The van der Waals surface area contributed by atoms with Gasteiger partial charge in [-0.3, -0.25) is 4.79 Å². The minimum Gasteiger partial charge on any atom is -0.298 e. The lowest BCUT2D eigenvalue weighted by Crippen LogP contribution is -2.16. The van der Waals surface area contributed by atoms with Gasteiger partial charge in [-0.15, -0.1) is 0 Å². The molecular weight excluding hydrogens is 495 g/mol. The number of halogens is 7. The first-order chi connectivity index (χ1) is 10.5. The molecule has 4 nitrogen and oxygen atoms in total. The molecule has 1 aromatic heterocycles. The molecule has 2 rings (SSSR count). The predicted octanol–water partition coefficient (Wildman–Crippen LogP) is 5.77. The van der Waals surface area contributed by atoms with Gasteiger partial charge in [-0.2, -0.15) is 0 Å². The molecule has 0 radical (unpaired) electrons. The predicted molar refractivity (Wildman–Crippen MR) is 96.8 cm³/mol. The van der Waals surface area contributed by atoms with Gasteiger partial charge in [0.1, 0.15) is 0 Å². The Hall–Kier alpha value is 0.120. The molecule has 0 bridgehead atoms. The second-order valence-electron chi connectivity index (χ2n) is 4.16. The SMILES string of the molecule is O=Cc1ccc(-c2nc(C(Cl)(Cl)Cl)nc(C(Cl)(Cl)Cl)n2)cc1Br. The molecule has 0 N–H and O–H groups in total. The number of nitrogens with zero attached hydrogens (tertiary/aromatic N) is 3. The maximum Gasteiger partial charge on any atom is 0.250 e. The molecule has 0 atom stereocenters. The van der Waals surface area contributed by atoms with Crippen LogP contribution in [0.25, 0.3) is 11.4 Å². The third kappa shape index (κ3) is 4.82. The van der Waals surface area contributed by atoms with Gasteiger partial charge in [0.2, 0.25) is 7.59 Å². The second kappa shape index (κ2) is 7.16. The molecule has 0 amide bonds. The molecule has 1 aromatic carbocycles. The second-order valence-corrected chi connectivity index (χ2v) is 9.57. The summed E-state index contributed by atoms with van der Waals surface area (Å²) in [6.07, 6.45) is 0.695. The number of hydrogen-bond donors (Lipinski definition) is 0. The largest absolute Gasteiger partial charge is 0.298 e. The Morgan fingerprint density at radius 1 is 0.913 bits per heavy atom. The molecule has 0 aliphatic carbocycles. The van der Waals surface area contributed by atoms with E-state index < -0.39 is 7.59 Å². The molecule has 0 fully saturated rings. The van der Waals surface area contributed by atoms with Gasteiger partial charge < -0.3 is 0 Å². The summed E-state index contributed by atoms with van der Waals surface area (Å²) >= 11 is 38.1. The van der Waals surface area contributed by atoms with E-state index >= 15 is 0 Å². The Bertz CT molecular complexity index is 727. The molecule has 2 aromatic rings. The molecule has 0 unspecified atom stereocenters. The Labute approximate surface area is 169 Å². The fourth-order valence-corrected chi connectivity index (χ4v) is 2.50. The van der Waals surface area contributed by atoms with Crippen LogP contribution in [0.1, 0.15) is 22.0 Å². The Morgan fingerprint density at radius 3 is 1.83 bits per heavy atom. The van der Waals surface area contributed by atoms with Crippen LogP contribution >= 0.6 is 85.5 Å². The zero-order chi connectivity index (χ0) is 17.4. The average Bonchev–Trinajstić information content (AvgIpc) is 2.45. The summed E-state index contributed by atoms with van der Waals surface area (Å²) in [5.74, 6) is -0.255. The van der Waals surface area contributed by atoms with Crippen molar-refractivity contribution in [1.82, 2.24) is 15.0 Å². The third-order valence-corrected chi connectivity index (χ3v) is 4.23. The van der Waals surface area contributed by atoms with Gasteiger partial charge in [0, 0.05) is 15.6 Å². The van der Waals surface area contributed by atoms with E-state index in [4.69, 9.17) is 69.6 Å². The minimum atomic E-state index is -1.93. The molecule has 0 aliphatic heterocycles. The topological polar surface area (TPSA) is 55.7 Å². The van der Waals surface area contributed by atoms with Crippen molar-refractivity contribution in [3.05, 3.63) is 39.9 Å². The standard InChI is InChI=1S/C12H4BrCl6N3O/c13-7-3-5(1-2-6(7)4-23)8-20-9(11(14,15)16)22-10(21-8)12(17,18)19/h1-4H. The molecule has 11 heteroatoms. The van der Waals surface area contributed by atoms with Crippen LogP contribution in [0.5, 0.6) is 0 Å². The number of alkyl halides is 6. The maximum atomic E-state index is 10.9. The van der Waals surface area contributed by atoms with Crippen LogP contribution in [-0.2, 0) is 7.59 Å². The van der Waals surface area contributed by atoms with Crippen molar-refractivity contribution in [2.24, 2.45) is 0 Å². The summed E-state index contributed by atoms with van der Waals surface area (Å²) in [5, 5.41) is 0. The van der Waals surface area contributed by atoms with Gasteiger partial charge in [-0.25, -0.2) is 15.0 Å². The zero-order valence-corrected chi connectivity index (χ0v) is 16.8. The van der Waals surface area contributed by atoms with Crippen LogP contribution in [0, 0.1) is 0 Å². The molecule has 122 valence electrons. The van der Waals surface area contributed by atoms with E-state index in [2.05, 4.69) is 30.9 Å². The lowest BCUT2D eigenvalue weighted by atomic mass is 10.1. The third-order valence-electron chi connectivity index (χ3n) is 2.53. The van der Waals surface area contributed by atoms with E-state index in [0.717, 1.165) is 0 Å². The zero-order valence-electron chi connectivity index (χ0n) is 10.7. The fourth-order valence-electron chi connectivity index (χ4n) is 1.52. The summed E-state index contributed by atoms with van der Waals surface area (Å²) < 4.78 is -3.32. The van der Waals surface area contributed by atoms with Crippen molar-refractivity contribution in [1.29, 1.82) is 0 Å². The van der Waals surface area contributed by atoms with Crippen molar-refractivity contribution in [3.63, 3.8) is 0 Å². The van der Waals surface area contributed by atoms with E-state index in [-0.39, 0.29) is 17.5 Å². The quantitative estimate of drug-likeness (QED) is 0.390. The average molecular weight is 499 g/mol. The molecular formula is C12H4BrCl6N3O. The van der Waals surface area contributed by atoms with Crippen LogP contribution < -0.4 is 0 Å². The maximum absolute atomic E-state index is 10.9. The highest BCUT2D eigenvalue weighted by Gasteiger charge is 2.34. The van der Waals surface area contributed by atoms with E-state index in [1.54, 1.807) is 18.2 Å². The highest BCUT2D eigenvalue weighted by Crippen LogP contribution is 2.40. The number of hydrogen-bond acceptors (Lipinski definition) is 4. The van der Waals surface area contributed by atoms with Crippen LogP contribution in [0.2, 0.25) is 0 Å². The normalized spacial score (nSPS) is 12.3. The Morgan fingerprint density at radius 2 is 1.43 bits per heavy atom. The van der Waals surface area contributed by atoms with Crippen molar-refractivity contribution < 1.29 is 4.79 Å². The van der Waals surface area contributed by atoms with Crippen molar-refractivity contribution in [2.75, 3.05) is 0 Å². The number of aldehydes is 1. The number of carbonyl (C=O) groups is 1. The number of carbonyl (C=O) groups excluding carboxylic acids is 1. The monoisotopic (exact) mass is 495 g/mol. The molecule has 1 heterocycles. The summed E-state index contributed by atoms with van der Waals surface area (Å²) in [7, 11) is 0. The number of rotatable bonds is 2. The van der Waals surface area contributed by atoms with Crippen molar-refractivity contribution in [3.8, 4) is 11.4 Å². The van der Waals surface area contributed by atoms with Crippen LogP contribution in [0.4, 0.5) is 0 Å². The first-order valence-corrected chi connectivity index (χ1v) is 8.74. The highest BCUT2D eigenvalue weighted by molar-refractivity contribution is 9.10. The molecule has 0 saturated carbocycles. The van der Waals surface area contributed by atoms with Crippen LogP contribution in [0.15, 0.2) is 22.7 Å². The van der Waals surface area contributed by atoms with Gasteiger partial charge in [-0.05, 0) is 12.1 Å². The smallest absolute Gasteiger partial charge is 0.250 e. The van der Waals surface area contributed by atoms with E-state index in [1.165, 1.54) is 0 Å². The summed E-state index contributed by atoms with van der Waals surface area (Å²) in [6.45, 7) is 0. The fraction of sp³-hybridized carbons (Fsp3) is 0.167. The summed E-state index contributed by atoms with van der Waals surface area (Å²) in [5.41, 5.74) is 0.960. The molecule has 23 heavy (non-hydrogen) atoms. The van der Waals surface area contributed by atoms with Gasteiger partial charge in [0.25, 0.3) is 0 Å². The van der Waals surface area contributed by atoms with Gasteiger partial charge >= 0.3 is 0 Å². The highest BCUT2D eigenvalue weighted by atomic mass is 79.9. The van der Waals surface area contributed by atoms with E-state index in [1.807, 2.05) is 0 Å². The lowest BCUT2D eigenvalue weighted by molar-refractivity contribution is 0.112. The van der Waals surface area contributed by atoms with Crippen LogP contribution in [-0.4, -0.2) is 21.2 Å². The molecule has 0 saturated heterocycles. The van der Waals surface area contributed by atoms with Gasteiger partial charge in [0.15, 0.2) is 23.8 Å². The first kappa shape index (κ1) is 19.4. The van der Waals surface area contributed by atoms with Gasteiger partial charge in [-0.1, -0.05) is 91.6 Å². The minimum absolute atomic E-state index is 0.126. The van der Waals surface area contributed by atoms with Crippen LogP contribution in [0.3, 0.4) is 0 Å². The molecule has 0 spiro atoms. The Kier molecular flexibility index (Phi) is 6.05. The first-order valence-electron chi connectivity index (χ1n) is 5.68. The van der Waals surface area contributed by atoms with Crippen molar-refractivity contribution >= 4 is 91.8 Å². The van der Waals surface area contributed by atoms with Crippen molar-refractivity contribution in [2.45, 2.75) is 7.59 Å². The van der Waals surface area contributed by atoms with E-state index in [9.17, 15) is 4.79 Å². The summed E-state index contributed by atoms with van der Waals surface area (Å²) in [6, 6.07) is 4.79.